The Balaban J connectivity index is 1.91. The quantitative estimate of drug-likeness (QED) is 0.914. The molecule has 0 amide bonds. The molecule has 0 aromatic heterocycles. The van der Waals surface area contributed by atoms with Gasteiger partial charge in [0.2, 0.25) is 0 Å². The highest BCUT2D eigenvalue weighted by atomic mass is 79.9. The molecule has 0 unspecified atom stereocenters. The van der Waals surface area contributed by atoms with Crippen LogP contribution in [0.5, 0.6) is 0 Å². The van der Waals surface area contributed by atoms with Gasteiger partial charge in [-0.15, -0.1) is 0 Å². The van der Waals surface area contributed by atoms with Crippen molar-refractivity contribution in [1.82, 2.24) is 5.32 Å². The van der Waals surface area contributed by atoms with E-state index in [1.807, 2.05) is 0 Å². The summed E-state index contributed by atoms with van der Waals surface area (Å²) >= 11 is 3.57. The van der Waals surface area contributed by atoms with E-state index < -0.39 is 0 Å². The fourth-order valence-electron chi connectivity index (χ4n) is 2.66. The first kappa shape index (κ1) is 11.9. The van der Waals surface area contributed by atoms with Gasteiger partial charge in [0.15, 0.2) is 0 Å². The third-order valence-electron chi connectivity index (χ3n) is 3.75. The third kappa shape index (κ3) is 2.23. The summed E-state index contributed by atoms with van der Waals surface area (Å²) < 4.78 is 1.17. The van der Waals surface area contributed by atoms with Crippen LogP contribution < -0.4 is 5.32 Å². The second-order valence-corrected chi connectivity index (χ2v) is 5.97. The van der Waals surface area contributed by atoms with Gasteiger partial charge >= 0.3 is 0 Å². The molecule has 0 saturated carbocycles. The van der Waals surface area contributed by atoms with Crippen LogP contribution >= 0.6 is 15.9 Å². The van der Waals surface area contributed by atoms with Gasteiger partial charge in [0.05, 0.1) is 0 Å². The van der Waals surface area contributed by atoms with Gasteiger partial charge in [-0.25, -0.2) is 0 Å². The summed E-state index contributed by atoms with van der Waals surface area (Å²) in [6.45, 7) is 2.14. The largest absolute Gasteiger partial charge is 0.315 e. The van der Waals surface area contributed by atoms with E-state index in [0.717, 1.165) is 19.5 Å². The minimum atomic E-state index is 0.269. The summed E-state index contributed by atoms with van der Waals surface area (Å²) in [5.41, 5.74) is 3.11. The smallest absolute Gasteiger partial charge is 0.0243 e. The van der Waals surface area contributed by atoms with E-state index in [4.69, 9.17) is 0 Å². The van der Waals surface area contributed by atoms with Crippen molar-refractivity contribution in [2.24, 2.45) is 0 Å². The number of halogens is 1. The van der Waals surface area contributed by atoms with Crippen molar-refractivity contribution < 1.29 is 0 Å². The zero-order chi connectivity index (χ0) is 12.4. The summed E-state index contributed by atoms with van der Waals surface area (Å²) in [6, 6.07) is 19.5. The number of hydrogen-bond acceptors (Lipinski definition) is 1. The van der Waals surface area contributed by atoms with Crippen LogP contribution in [-0.4, -0.2) is 13.1 Å². The highest BCUT2D eigenvalue weighted by Gasteiger charge is 2.38. The van der Waals surface area contributed by atoms with E-state index in [1.165, 1.54) is 15.6 Å². The molecule has 1 saturated heterocycles. The Morgan fingerprint density at radius 2 is 1.78 bits per heavy atom. The Kier molecular flexibility index (Phi) is 3.23. The van der Waals surface area contributed by atoms with Crippen molar-refractivity contribution in [3.8, 4) is 0 Å². The first-order valence-corrected chi connectivity index (χ1v) is 7.09. The molecule has 1 nitrogen and oxygen atoms in total. The molecular formula is C16H16BrN. The van der Waals surface area contributed by atoms with Crippen LogP contribution in [0.15, 0.2) is 59.1 Å². The summed E-state index contributed by atoms with van der Waals surface area (Å²) in [5.74, 6) is 0. The van der Waals surface area contributed by atoms with Gasteiger partial charge in [-0.2, -0.15) is 0 Å². The van der Waals surface area contributed by atoms with Crippen LogP contribution in [0, 0.1) is 0 Å². The summed E-state index contributed by atoms with van der Waals surface area (Å²) in [4.78, 5) is 0. The first-order chi connectivity index (χ1) is 8.78. The maximum absolute atomic E-state index is 3.57. The SMILES string of the molecule is Brc1cccc(C2(Cc3ccccc3)CNC2)c1. The normalized spacial score (nSPS) is 17.2. The average Bonchev–Trinajstić information content (AvgIpc) is 2.35. The molecule has 1 heterocycles. The molecule has 0 aliphatic carbocycles. The molecule has 92 valence electrons. The maximum Gasteiger partial charge on any atom is 0.0243 e. The number of nitrogens with one attached hydrogen (secondary N) is 1. The van der Waals surface area contributed by atoms with Gasteiger partial charge in [-0.1, -0.05) is 58.4 Å². The lowest BCUT2D eigenvalue weighted by atomic mass is 9.71. The Morgan fingerprint density at radius 3 is 2.39 bits per heavy atom. The van der Waals surface area contributed by atoms with Crippen molar-refractivity contribution >= 4 is 15.9 Å². The summed E-state index contributed by atoms with van der Waals surface area (Å²) in [6.07, 6.45) is 1.11. The van der Waals surface area contributed by atoms with Gasteiger partial charge < -0.3 is 5.32 Å². The number of benzene rings is 2. The van der Waals surface area contributed by atoms with Crippen LogP contribution in [0.25, 0.3) is 0 Å². The van der Waals surface area contributed by atoms with E-state index in [2.05, 4.69) is 75.8 Å². The summed E-state index contributed by atoms with van der Waals surface area (Å²) in [5, 5.41) is 3.42. The fourth-order valence-corrected chi connectivity index (χ4v) is 3.06. The Bertz CT molecular complexity index is 532. The van der Waals surface area contributed by atoms with Crippen molar-refractivity contribution in [1.29, 1.82) is 0 Å². The molecule has 0 radical (unpaired) electrons. The predicted octanol–water partition coefficient (Wildman–Crippen LogP) is 3.53. The number of rotatable bonds is 3. The molecule has 1 aliphatic heterocycles. The Hall–Kier alpha value is -1.12. The van der Waals surface area contributed by atoms with Crippen molar-refractivity contribution in [3.05, 3.63) is 70.2 Å². The molecule has 0 bridgehead atoms. The molecule has 1 aliphatic rings. The highest BCUT2D eigenvalue weighted by molar-refractivity contribution is 9.10. The van der Waals surface area contributed by atoms with E-state index in [0.29, 0.717) is 0 Å². The van der Waals surface area contributed by atoms with Crippen LogP contribution in [0.4, 0.5) is 0 Å². The van der Waals surface area contributed by atoms with Gasteiger partial charge in [0.1, 0.15) is 0 Å². The van der Waals surface area contributed by atoms with Crippen LogP contribution in [0.3, 0.4) is 0 Å². The highest BCUT2D eigenvalue weighted by Crippen LogP contribution is 2.33. The molecule has 0 atom stereocenters. The second kappa shape index (κ2) is 4.87. The third-order valence-corrected chi connectivity index (χ3v) is 4.24. The molecule has 2 aromatic carbocycles. The van der Waals surface area contributed by atoms with Gasteiger partial charge in [-0.3, -0.25) is 0 Å². The van der Waals surface area contributed by atoms with E-state index in [1.54, 1.807) is 0 Å². The van der Waals surface area contributed by atoms with E-state index >= 15 is 0 Å². The lowest BCUT2D eigenvalue weighted by Gasteiger charge is -2.43. The van der Waals surface area contributed by atoms with E-state index in [9.17, 15) is 0 Å². The average molecular weight is 302 g/mol. The van der Waals surface area contributed by atoms with Crippen molar-refractivity contribution in [2.75, 3.05) is 13.1 Å². The molecule has 3 rings (SSSR count). The molecule has 2 aromatic rings. The molecule has 1 N–H and O–H groups in total. The fraction of sp³-hybridized carbons (Fsp3) is 0.250. The van der Waals surface area contributed by atoms with Gasteiger partial charge in [0.25, 0.3) is 0 Å². The molecule has 2 heteroatoms. The lowest BCUT2D eigenvalue weighted by molar-refractivity contribution is 0.274. The molecule has 18 heavy (non-hydrogen) atoms. The summed E-state index contributed by atoms with van der Waals surface area (Å²) in [7, 11) is 0. The lowest BCUT2D eigenvalue weighted by Crippen LogP contribution is -2.58. The zero-order valence-electron chi connectivity index (χ0n) is 10.2. The van der Waals surface area contributed by atoms with Crippen LogP contribution in [0.2, 0.25) is 0 Å². The topological polar surface area (TPSA) is 12.0 Å². The standard InChI is InChI=1S/C16H16BrN/c17-15-8-4-7-14(9-15)16(11-18-12-16)10-13-5-2-1-3-6-13/h1-9,18H,10-12H2. The molecule has 0 spiro atoms. The Labute approximate surface area is 116 Å². The minimum absolute atomic E-state index is 0.269. The van der Waals surface area contributed by atoms with Crippen LogP contribution in [0.1, 0.15) is 11.1 Å². The Morgan fingerprint density at radius 1 is 1.00 bits per heavy atom. The number of hydrogen-bond donors (Lipinski definition) is 1. The van der Waals surface area contributed by atoms with Gasteiger partial charge in [0, 0.05) is 23.0 Å². The minimum Gasteiger partial charge on any atom is -0.315 e. The zero-order valence-corrected chi connectivity index (χ0v) is 11.8. The molecule has 1 fully saturated rings. The second-order valence-electron chi connectivity index (χ2n) is 5.06. The van der Waals surface area contributed by atoms with Crippen LogP contribution in [-0.2, 0) is 11.8 Å². The first-order valence-electron chi connectivity index (χ1n) is 6.29. The predicted molar refractivity (Wildman–Crippen MR) is 78.8 cm³/mol. The van der Waals surface area contributed by atoms with E-state index in [-0.39, 0.29) is 5.41 Å². The monoisotopic (exact) mass is 301 g/mol. The maximum atomic E-state index is 3.57. The van der Waals surface area contributed by atoms with Crippen molar-refractivity contribution in [3.63, 3.8) is 0 Å². The van der Waals surface area contributed by atoms with Gasteiger partial charge in [-0.05, 0) is 29.7 Å². The molecular weight excluding hydrogens is 286 g/mol. The van der Waals surface area contributed by atoms with Crippen molar-refractivity contribution in [2.45, 2.75) is 11.8 Å².